The fourth-order valence-electron chi connectivity index (χ4n) is 7.89. The Morgan fingerprint density at radius 1 is 0.577 bits per heavy atom. The molecule has 6 aromatic carbocycles. The number of nitrogens with one attached hydrogen (secondary N) is 1. The van der Waals surface area contributed by atoms with E-state index in [2.05, 4.69) is 67.5 Å². The van der Waals surface area contributed by atoms with Gasteiger partial charge in [-0.1, -0.05) is 119 Å². The molecular weight excluding hydrogens is 1120 g/mol. The summed E-state index contributed by atoms with van der Waals surface area (Å²) in [4.78, 5) is 25.6. The molecule has 0 saturated heterocycles. The minimum Gasteiger partial charge on any atom is -0.496 e. The predicted octanol–water partition coefficient (Wildman–Crippen LogP) is 10.8. The SMILES string of the molecule is BrCc1ccc(I)cc1.COC(=O)[C@H](Cc1ccccc1)N(Cc1ccc(C)cc1)S(=O)(=O)c1c(C)cc(OC)c(C)c1C.COC(=O)[C@H](Cc1ccccc1)NS(=O)(=O)c1c(C)cc(OC)c(C)c1C. The Kier molecular flexibility index (Phi) is 22.3. The molecule has 0 saturated carbocycles. The molecule has 1 N–H and O–H groups in total. The second kappa shape index (κ2) is 27.1. The van der Waals surface area contributed by atoms with E-state index in [0.717, 1.165) is 38.7 Å². The van der Waals surface area contributed by atoms with Crippen LogP contribution in [0.25, 0.3) is 0 Å². The molecule has 12 nitrogen and oxygen atoms in total. The van der Waals surface area contributed by atoms with Gasteiger partial charge in [0.1, 0.15) is 23.6 Å². The quantitative estimate of drug-likeness (QED) is 0.0530. The summed E-state index contributed by atoms with van der Waals surface area (Å²) in [5.41, 5.74) is 8.60. The Balaban J connectivity index is 0.000000268. The maximum absolute atomic E-state index is 14.3. The third kappa shape index (κ3) is 15.7. The molecule has 6 aromatic rings. The molecule has 0 aliphatic carbocycles. The smallest absolute Gasteiger partial charge is 0.324 e. The molecule has 0 fully saturated rings. The molecule has 0 bridgehead atoms. The average molecular weight is 1180 g/mol. The maximum atomic E-state index is 14.3. The van der Waals surface area contributed by atoms with Crippen molar-refractivity contribution >= 4 is 70.5 Å². The van der Waals surface area contributed by atoms with Crippen LogP contribution in [-0.4, -0.2) is 73.6 Å². The van der Waals surface area contributed by atoms with E-state index < -0.39 is 44.1 Å². The number of hydrogen-bond donors (Lipinski definition) is 1. The van der Waals surface area contributed by atoms with Gasteiger partial charge in [0.15, 0.2) is 0 Å². The Labute approximate surface area is 442 Å². The zero-order chi connectivity index (χ0) is 52.6. The summed E-state index contributed by atoms with van der Waals surface area (Å²) in [6, 6.07) is 36.0. The first-order chi connectivity index (χ1) is 33.6. The monoisotopic (exact) mass is 1180 g/mol. The van der Waals surface area contributed by atoms with Crippen LogP contribution in [0.1, 0.15) is 61.2 Å². The van der Waals surface area contributed by atoms with Gasteiger partial charge in [0.25, 0.3) is 0 Å². The molecule has 0 aromatic heterocycles. The Hall–Kier alpha value is -5.11. The minimum atomic E-state index is -4.12. The van der Waals surface area contributed by atoms with Gasteiger partial charge in [-0.05, 0) is 164 Å². The third-order valence-corrected chi connectivity index (χ3v) is 17.2. The lowest BCUT2D eigenvalue weighted by atomic mass is 10.1. The molecular formula is C55H64BrIN2O10S2. The van der Waals surface area contributed by atoms with Crippen molar-refractivity contribution in [3.8, 4) is 11.5 Å². The number of hydrogen-bond acceptors (Lipinski definition) is 10. The van der Waals surface area contributed by atoms with E-state index in [-0.39, 0.29) is 29.2 Å². The van der Waals surface area contributed by atoms with Crippen LogP contribution in [0, 0.1) is 52.0 Å². The fourth-order valence-corrected chi connectivity index (χ4v) is 12.4. The molecule has 380 valence electrons. The number of carbonyl (C=O) groups excluding carboxylic acids is 2. The molecule has 0 aliphatic rings. The first-order valence-corrected chi connectivity index (χ1v) is 27.7. The highest BCUT2D eigenvalue weighted by Gasteiger charge is 2.39. The highest BCUT2D eigenvalue weighted by Crippen LogP contribution is 2.35. The summed E-state index contributed by atoms with van der Waals surface area (Å²) in [5, 5.41) is 0.948. The van der Waals surface area contributed by atoms with Crippen LogP contribution in [0.15, 0.2) is 131 Å². The number of esters is 2. The van der Waals surface area contributed by atoms with E-state index in [4.69, 9.17) is 18.9 Å². The highest BCUT2D eigenvalue weighted by atomic mass is 127. The Morgan fingerprint density at radius 3 is 1.49 bits per heavy atom. The second-order valence-corrected chi connectivity index (χ2v) is 22.1. The van der Waals surface area contributed by atoms with E-state index in [9.17, 15) is 26.4 Å². The van der Waals surface area contributed by atoms with Crippen molar-refractivity contribution in [3.63, 3.8) is 0 Å². The van der Waals surface area contributed by atoms with Gasteiger partial charge in [-0.3, -0.25) is 9.59 Å². The first-order valence-electron chi connectivity index (χ1n) is 22.6. The maximum Gasteiger partial charge on any atom is 0.324 e. The molecule has 6 rings (SSSR count). The number of nitrogens with zero attached hydrogens (tertiary/aromatic N) is 1. The van der Waals surface area contributed by atoms with Crippen LogP contribution in [0.2, 0.25) is 0 Å². The summed E-state index contributed by atoms with van der Waals surface area (Å²) in [6.45, 7) is 12.6. The van der Waals surface area contributed by atoms with Crippen LogP contribution >= 0.6 is 38.5 Å². The number of carbonyl (C=O) groups is 2. The molecule has 0 heterocycles. The van der Waals surface area contributed by atoms with Gasteiger partial charge in [-0.25, -0.2) is 16.8 Å². The number of halogens is 2. The van der Waals surface area contributed by atoms with Crippen molar-refractivity contribution in [2.45, 2.75) is 95.1 Å². The Morgan fingerprint density at radius 2 is 1.03 bits per heavy atom. The minimum absolute atomic E-state index is 0.0270. The number of aryl methyl sites for hydroxylation is 3. The third-order valence-electron chi connectivity index (χ3n) is 11.9. The van der Waals surface area contributed by atoms with E-state index in [0.29, 0.717) is 33.8 Å². The summed E-state index contributed by atoms with van der Waals surface area (Å²) in [6.07, 6.45) is 0.381. The lowest BCUT2D eigenvalue weighted by Crippen LogP contribution is -2.46. The number of sulfonamides is 2. The van der Waals surface area contributed by atoms with Gasteiger partial charge >= 0.3 is 11.9 Å². The van der Waals surface area contributed by atoms with Gasteiger partial charge in [-0.15, -0.1) is 0 Å². The molecule has 16 heteroatoms. The summed E-state index contributed by atoms with van der Waals surface area (Å²) < 4.78 is 80.6. The number of ether oxygens (including phenoxy) is 4. The van der Waals surface area contributed by atoms with Crippen molar-refractivity contribution in [1.82, 2.24) is 9.03 Å². The molecule has 0 unspecified atom stereocenters. The average Bonchev–Trinajstić information content (AvgIpc) is 3.35. The fraction of sp³-hybridized carbons (Fsp3) is 0.309. The topological polar surface area (TPSA) is 155 Å². The predicted molar refractivity (Wildman–Crippen MR) is 292 cm³/mol. The number of benzene rings is 6. The second-order valence-electron chi connectivity index (χ2n) is 16.9. The van der Waals surface area contributed by atoms with Crippen molar-refractivity contribution in [2.75, 3.05) is 28.4 Å². The first kappa shape index (κ1) is 58.5. The molecule has 71 heavy (non-hydrogen) atoms. The number of alkyl halides is 1. The standard InChI is InChI=1S/C28H33NO5S.C20H25NO5S.C7H6BrI/c1-19-12-14-24(15-13-19)18-29(25(28(30)34-6)17-23-10-8-7-9-11-23)35(31,32)27-20(2)16-26(33-5)21(3)22(27)4;1-13-11-18(25-4)14(2)15(3)19(13)27(23,24)21-17(20(22)26-5)12-16-9-7-6-8-10-16;8-5-6-1-3-7(9)4-2-6/h7-16,25H,17-18H2,1-6H3;6-11,17,21H,12H2,1-5H3;1-4H,5H2/t25-;17-;/m00./s1. The molecule has 0 amide bonds. The van der Waals surface area contributed by atoms with Crippen molar-refractivity contribution in [1.29, 1.82) is 0 Å². The van der Waals surface area contributed by atoms with E-state index in [1.165, 1.54) is 27.7 Å². The van der Waals surface area contributed by atoms with Crippen molar-refractivity contribution in [2.24, 2.45) is 0 Å². The summed E-state index contributed by atoms with van der Waals surface area (Å²) >= 11 is 5.68. The highest BCUT2D eigenvalue weighted by molar-refractivity contribution is 14.1. The van der Waals surface area contributed by atoms with Gasteiger partial charge in [0.05, 0.1) is 38.2 Å². The van der Waals surface area contributed by atoms with E-state index in [1.807, 2.05) is 98.8 Å². The molecule has 0 aliphatic heterocycles. The van der Waals surface area contributed by atoms with Gasteiger partial charge in [0, 0.05) is 15.4 Å². The largest absolute Gasteiger partial charge is 0.496 e. The summed E-state index contributed by atoms with van der Waals surface area (Å²) in [5.74, 6) is 0.00337. The van der Waals surface area contributed by atoms with Crippen LogP contribution in [-0.2, 0) is 63.8 Å². The van der Waals surface area contributed by atoms with Crippen molar-refractivity contribution in [3.05, 3.63) is 186 Å². The molecule has 0 radical (unpaired) electrons. The molecule has 0 spiro atoms. The molecule has 2 atom stereocenters. The van der Waals surface area contributed by atoms with Crippen molar-refractivity contribution < 1.29 is 45.4 Å². The van der Waals surface area contributed by atoms with Crippen LogP contribution < -0.4 is 14.2 Å². The van der Waals surface area contributed by atoms with E-state index >= 15 is 0 Å². The van der Waals surface area contributed by atoms with Gasteiger partial charge in [-0.2, -0.15) is 9.03 Å². The van der Waals surface area contributed by atoms with Gasteiger partial charge in [0.2, 0.25) is 20.0 Å². The number of rotatable bonds is 17. The lowest BCUT2D eigenvalue weighted by Gasteiger charge is -2.31. The lowest BCUT2D eigenvalue weighted by molar-refractivity contribution is -0.145. The normalized spacial score (nSPS) is 12.1. The zero-order valence-electron chi connectivity index (χ0n) is 42.1. The van der Waals surface area contributed by atoms with Gasteiger partial charge < -0.3 is 18.9 Å². The van der Waals surface area contributed by atoms with E-state index in [1.54, 1.807) is 61.0 Å². The van der Waals surface area contributed by atoms with Crippen LogP contribution in [0.5, 0.6) is 11.5 Å². The summed E-state index contributed by atoms with van der Waals surface area (Å²) in [7, 11) is -2.44. The number of methoxy groups -OCH3 is 4. The zero-order valence-corrected chi connectivity index (χ0v) is 47.5. The van der Waals surface area contributed by atoms with Crippen LogP contribution in [0.3, 0.4) is 0 Å². The van der Waals surface area contributed by atoms with Crippen LogP contribution in [0.4, 0.5) is 0 Å². The Bertz CT molecular complexity index is 2960.